The van der Waals surface area contributed by atoms with Crippen LogP contribution < -0.4 is 5.32 Å². The lowest BCUT2D eigenvalue weighted by Crippen LogP contribution is -2.19. The van der Waals surface area contributed by atoms with Crippen LogP contribution in [0.25, 0.3) is 0 Å². The molecule has 1 atom stereocenters. The van der Waals surface area contributed by atoms with E-state index in [0.717, 1.165) is 31.6 Å². The summed E-state index contributed by atoms with van der Waals surface area (Å²) in [6.07, 6.45) is 5.21. The molecular formula is C14H23NO3. The topological polar surface area (TPSA) is 51.5 Å². The van der Waals surface area contributed by atoms with Crippen LogP contribution in [0.15, 0.2) is 22.8 Å². The zero-order valence-corrected chi connectivity index (χ0v) is 11.3. The molecule has 0 aliphatic carbocycles. The van der Waals surface area contributed by atoms with Gasteiger partial charge in [-0.3, -0.25) is 4.79 Å². The molecule has 0 aromatic carbocycles. The maximum absolute atomic E-state index is 11.1. The molecule has 0 bridgehead atoms. The van der Waals surface area contributed by atoms with Gasteiger partial charge in [0, 0.05) is 6.42 Å². The van der Waals surface area contributed by atoms with E-state index >= 15 is 0 Å². The highest BCUT2D eigenvalue weighted by molar-refractivity contribution is 5.69. The molecule has 0 aliphatic heterocycles. The molecule has 1 unspecified atom stereocenters. The molecule has 0 amide bonds. The number of furan rings is 1. The highest BCUT2D eigenvalue weighted by atomic mass is 16.5. The summed E-state index contributed by atoms with van der Waals surface area (Å²) >= 11 is 0. The van der Waals surface area contributed by atoms with E-state index in [4.69, 9.17) is 9.15 Å². The van der Waals surface area contributed by atoms with Crippen molar-refractivity contribution in [3.63, 3.8) is 0 Å². The average molecular weight is 253 g/mol. The summed E-state index contributed by atoms with van der Waals surface area (Å²) in [5, 5.41) is 3.39. The van der Waals surface area contributed by atoms with Gasteiger partial charge in [0.2, 0.25) is 0 Å². The Kier molecular flexibility index (Phi) is 7.18. The van der Waals surface area contributed by atoms with Crippen LogP contribution in [0, 0.1) is 0 Å². The molecule has 4 nitrogen and oxygen atoms in total. The third-order valence-corrected chi connectivity index (χ3v) is 2.78. The molecule has 0 aliphatic rings. The first-order chi connectivity index (χ1) is 8.74. The lowest BCUT2D eigenvalue weighted by molar-refractivity contribution is -0.143. The van der Waals surface area contributed by atoms with E-state index in [0.29, 0.717) is 13.0 Å². The predicted molar refractivity (Wildman–Crippen MR) is 70.2 cm³/mol. The standard InChI is InChI=1S/C14H23NO3/c1-3-17-14(16)9-5-4-6-10-15-12(2)13-8-7-11-18-13/h7-8,11-12,15H,3-6,9-10H2,1-2H3. The second-order valence-electron chi connectivity index (χ2n) is 4.31. The van der Waals surface area contributed by atoms with Crippen LogP contribution in [-0.2, 0) is 9.53 Å². The number of hydrogen-bond donors (Lipinski definition) is 1. The Hall–Kier alpha value is -1.29. The lowest BCUT2D eigenvalue weighted by Gasteiger charge is -2.10. The van der Waals surface area contributed by atoms with Crippen LogP contribution >= 0.6 is 0 Å². The summed E-state index contributed by atoms with van der Waals surface area (Å²) in [5.74, 6) is 0.871. The second kappa shape index (κ2) is 8.75. The van der Waals surface area contributed by atoms with Gasteiger partial charge in [0.1, 0.15) is 5.76 Å². The monoisotopic (exact) mass is 253 g/mol. The van der Waals surface area contributed by atoms with Gasteiger partial charge in [-0.05, 0) is 45.4 Å². The Morgan fingerprint density at radius 3 is 2.94 bits per heavy atom. The van der Waals surface area contributed by atoms with Crippen molar-refractivity contribution >= 4 is 5.97 Å². The van der Waals surface area contributed by atoms with Gasteiger partial charge in [-0.1, -0.05) is 6.42 Å². The Bertz CT molecular complexity index is 322. The minimum absolute atomic E-state index is 0.0885. The number of hydrogen-bond acceptors (Lipinski definition) is 4. The quantitative estimate of drug-likeness (QED) is 0.543. The summed E-state index contributed by atoms with van der Waals surface area (Å²) in [6.45, 7) is 5.32. The van der Waals surface area contributed by atoms with Crippen molar-refractivity contribution in [1.82, 2.24) is 5.32 Å². The number of nitrogens with one attached hydrogen (secondary N) is 1. The van der Waals surface area contributed by atoms with E-state index in [1.807, 2.05) is 19.1 Å². The minimum atomic E-state index is -0.0885. The van der Waals surface area contributed by atoms with Crippen molar-refractivity contribution in [2.24, 2.45) is 0 Å². The number of ether oxygens (including phenoxy) is 1. The van der Waals surface area contributed by atoms with E-state index in [1.54, 1.807) is 6.26 Å². The van der Waals surface area contributed by atoms with E-state index < -0.39 is 0 Å². The first-order valence-electron chi connectivity index (χ1n) is 6.66. The highest BCUT2D eigenvalue weighted by Gasteiger charge is 2.06. The van der Waals surface area contributed by atoms with Gasteiger partial charge < -0.3 is 14.5 Å². The molecule has 0 spiro atoms. The number of carbonyl (C=O) groups is 1. The normalized spacial score (nSPS) is 12.3. The van der Waals surface area contributed by atoms with Crippen molar-refractivity contribution in [2.75, 3.05) is 13.2 Å². The third-order valence-electron chi connectivity index (χ3n) is 2.78. The van der Waals surface area contributed by atoms with E-state index in [2.05, 4.69) is 12.2 Å². The summed E-state index contributed by atoms with van der Waals surface area (Å²) in [5.41, 5.74) is 0. The molecule has 1 N–H and O–H groups in total. The first-order valence-corrected chi connectivity index (χ1v) is 6.66. The van der Waals surface area contributed by atoms with Crippen LogP contribution in [0.3, 0.4) is 0 Å². The maximum atomic E-state index is 11.1. The van der Waals surface area contributed by atoms with Gasteiger partial charge in [0.25, 0.3) is 0 Å². The number of esters is 1. The number of carbonyl (C=O) groups excluding carboxylic acids is 1. The van der Waals surface area contributed by atoms with Crippen molar-refractivity contribution < 1.29 is 13.9 Å². The molecule has 18 heavy (non-hydrogen) atoms. The number of rotatable bonds is 9. The van der Waals surface area contributed by atoms with Crippen LogP contribution in [0.4, 0.5) is 0 Å². The fourth-order valence-corrected chi connectivity index (χ4v) is 1.76. The summed E-state index contributed by atoms with van der Waals surface area (Å²) in [4.78, 5) is 11.1. The Balaban J connectivity index is 1.97. The molecule has 1 rings (SSSR count). The van der Waals surface area contributed by atoms with Crippen LogP contribution in [0.5, 0.6) is 0 Å². The lowest BCUT2D eigenvalue weighted by atomic mass is 10.2. The van der Waals surface area contributed by atoms with Gasteiger partial charge >= 0.3 is 5.97 Å². The molecule has 0 radical (unpaired) electrons. The molecule has 1 aromatic rings. The Morgan fingerprint density at radius 1 is 1.44 bits per heavy atom. The zero-order chi connectivity index (χ0) is 13.2. The van der Waals surface area contributed by atoms with Crippen LogP contribution in [0.1, 0.15) is 51.3 Å². The van der Waals surface area contributed by atoms with Crippen molar-refractivity contribution in [3.8, 4) is 0 Å². The van der Waals surface area contributed by atoms with Gasteiger partial charge in [0.05, 0.1) is 18.9 Å². The fraction of sp³-hybridized carbons (Fsp3) is 0.643. The SMILES string of the molecule is CCOC(=O)CCCCCNC(C)c1ccco1. The van der Waals surface area contributed by atoms with E-state index in [1.165, 1.54) is 0 Å². The van der Waals surface area contributed by atoms with Gasteiger partial charge in [-0.25, -0.2) is 0 Å². The zero-order valence-electron chi connectivity index (χ0n) is 11.3. The molecule has 0 saturated heterocycles. The van der Waals surface area contributed by atoms with Crippen LogP contribution in [-0.4, -0.2) is 19.1 Å². The van der Waals surface area contributed by atoms with Gasteiger partial charge in [-0.2, -0.15) is 0 Å². The molecule has 0 fully saturated rings. The van der Waals surface area contributed by atoms with E-state index in [9.17, 15) is 4.79 Å². The van der Waals surface area contributed by atoms with Gasteiger partial charge in [0.15, 0.2) is 0 Å². The molecular weight excluding hydrogens is 230 g/mol. The number of unbranched alkanes of at least 4 members (excludes halogenated alkanes) is 2. The smallest absolute Gasteiger partial charge is 0.305 e. The Labute approximate surface area is 109 Å². The first kappa shape index (κ1) is 14.8. The molecule has 1 heterocycles. The van der Waals surface area contributed by atoms with E-state index in [-0.39, 0.29) is 12.0 Å². The molecule has 0 saturated carbocycles. The summed E-state index contributed by atoms with van der Waals surface area (Å²) in [6, 6.07) is 4.11. The van der Waals surface area contributed by atoms with Gasteiger partial charge in [-0.15, -0.1) is 0 Å². The Morgan fingerprint density at radius 2 is 2.28 bits per heavy atom. The second-order valence-corrected chi connectivity index (χ2v) is 4.31. The van der Waals surface area contributed by atoms with Crippen LogP contribution in [0.2, 0.25) is 0 Å². The summed E-state index contributed by atoms with van der Waals surface area (Å²) in [7, 11) is 0. The summed E-state index contributed by atoms with van der Waals surface area (Å²) < 4.78 is 10.2. The largest absolute Gasteiger partial charge is 0.468 e. The van der Waals surface area contributed by atoms with Crippen molar-refractivity contribution in [2.45, 2.75) is 45.6 Å². The molecule has 4 heteroatoms. The predicted octanol–water partition coefficient (Wildman–Crippen LogP) is 3.05. The fourth-order valence-electron chi connectivity index (χ4n) is 1.76. The highest BCUT2D eigenvalue weighted by Crippen LogP contribution is 2.12. The third kappa shape index (κ3) is 5.87. The molecule has 1 aromatic heterocycles. The average Bonchev–Trinajstić information content (AvgIpc) is 2.87. The van der Waals surface area contributed by atoms with Crippen molar-refractivity contribution in [1.29, 1.82) is 0 Å². The minimum Gasteiger partial charge on any atom is -0.468 e. The maximum Gasteiger partial charge on any atom is 0.305 e. The van der Waals surface area contributed by atoms with Crippen molar-refractivity contribution in [3.05, 3.63) is 24.2 Å². The molecule has 102 valence electrons.